The van der Waals surface area contributed by atoms with Crippen molar-refractivity contribution in [2.75, 3.05) is 13.1 Å². The van der Waals surface area contributed by atoms with Crippen molar-refractivity contribution >= 4 is 15.7 Å². The molecule has 1 saturated carbocycles. The minimum absolute atomic E-state index is 0.0472. The molecular formula is C16H22N2O3S. The summed E-state index contributed by atoms with van der Waals surface area (Å²) in [4.78, 5) is 14.4. The molecule has 120 valence electrons. The number of benzene rings is 1. The first-order valence-corrected chi connectivity index (χ1v) is 9.42. The van der Waals surface area contributed by atoms with E-state index in [1.165, 1.54) is 0 Å². The highest BCUT2D eigenvalue weighted by atomic mass is 32.2. The zero-order chi connectivity index (χ0) is 15.7. The molecule has 1 saturated heterocycles. The van der Waals surface area contributed by atoms with E-state index >= 15 is 0 Å². The summed E-state index contributed by atoms with van der Waals surface area (Å²) >= 11 is 0. The van der Waals surface area contributed by atoms with Crippen molar-refractivity contribution in [2.24, 2.45) is 5.73 Å². The molecule has 0 bridgehead atoms. The molecule has 2 aliphatic rings. The van der Waals surface area contributed by atoms with Gasteiger partial charge in [-0.3, -0.25) is 4.79 Å². The van der Waals surface area contributed by atoms with Crippen molar-refractivity contribution in [3.05, 3.63) is 29.8 Å². The van der Waals surface area contributed by atoms with Gasteiger partial charge in [0, 0.05) is 24.7 Å². The Morgan fingerprint density at radius 2 is 1.73 bits per heavy atom. The molecule has 22 heavy (non-hydrogen) atoms. The lowest BCUT2D eigenvalue weighted by molar-refractivity contribution is 0.0791. The summed E-state index contributed by atoms with van der Waals surface area (Å²) in [5, 5.41) is -0.259. The quantitative estimate of drug-likeness (QED) is 0.916. The van der Waals surface area contributed by atoms with E-state index in [0.29, 0.717) is 23.5 Å². The van der Waals surface area contributed by atoms with Crippen LogP contribution >= 0.6 is 0 Å². The number of carbonyl (C=O) groups excluding carboxylic acids is 1. The monoisotopic (exact) mass is 322 g/mol. The summed E-state index contributed by atoms with van der Waals surface area (Å²) in [7, 11) is -3.25. The molecule has 1 aromatic carbocycles. The van der Waals surface area contributed by atoms with Crippen molar-refractivity contribution in [2.45, 2.75) is 48.3 Å². The van der Waals surface area contributed by atoms with Gasteiger partial charge in [-0.25, -0.2) is 8.42 Å². The fraction of sp³-hybridized carbons (Fsp3) is 0.562. The van der Waals surface area contributed by atoms with E-state index in [4.69, 9.17) is 5.73 Å². The van der Waals surface area contributed by atoms with Crippen LogP contribution in [0, 0.1) is 0 Å². The van der Waals surface area contributed by atoms with Gasteiger partial charge in [0.2, 0.25) is 0 Å². The van der Waals surface area contributed by atoms with Gasteiger partial charge in [0.1, 0.15) is 0 Å². The van der Waals surface area contributed by atoms with Crippen LogP contribution in [0.15, 0.2) is 29.2 Å². The molecule has 2 N–H and O–H groups in total. The maximum Gasteiger partial charge on any atom is 0.253 e. The third-order valence-corrected chi connectivity index (χ3v) is 6.96. The van der Waals surface area contributed by atoms with E-state index in [1.807, 2.05) is 0 Å². The number of carbonyl (C=O) groups is 1. The Balaban J connectivity index is 1.76. The summed E-state index contributed by atoms with van der Waals surface area (Å²) in [5.74, 6) is -0.0715. The van der Waals surface area contributed by atoms with Crippen molar-refractivity contribution < 1.29 is 13.2 Å². The Kier molecular flexibility index (Phi) is 4.23. The standard InChI is InChI=1S/C16H22N2O3S/c17-13-9-10-18(11-13)16(19)12-5-7-15(8-6-12)22(20,21)14-3-1-2-4-14/h5-8,13-14H,1-4,9-11,17H2/t13-/m1/s1. The van der Waals surface area contributed by atoms with Crippen molar-refractivity contribution in [3.8, 4) is 0 Å². The van der Waals surface area contributed by atoms with Crippen LogP contribution in [0.3, 0.4) is 0 Å². The fourth-order valence-corrected chi connectivity index (χ4v) is 5.19. The topological polar surface area (TPSA) is 80.5 Å². The first-order chi connectivity index (χ1) is 10.5. The molecule has 1 atom stereocenters. The number of hydrogen-bond acceptors (Lipinski definition) is 4. The van der Waals surface area contributed by atoms with E-state index < -0.39 is 9.84 Å². The minimum Gasteiger partial charge on any atom is -0.337 e. The molecule has 1 heterocycles. The second-order valence-electron chi connectivity index (χ2n) is 6.28. The average Bonchev–Trinajstić information content (AvgIpc) is 3.18. The molecule has 0 spiro atoms. The molecule has 1 aliphatic heterocycles. The van der Waals surface area contributed by atoms with Gasteiger partial charge in [0.25, 0.3) is 5.91 Å². The number of amides is 1. The SMILES string of the molecule is N[C@@H]1CCN(C(=O)c2ccc(S(=O)(=O)C3CCCC3)cc2)C1. The number of nitrogens with two attached hydrogens (primary N) is 1. The highest BCUT2D eigenvalue weighted by molar-refractivity contribution is 7.92. The first kappa shape index (κ1) is 15.5. The number of nitrogens with zero attached hydrogens (tertiary/aromatic N) is 1. The molecule has 1 aromatic rings. The minimum atomic E-state index is -3.25. The smallest absolute Gasteiger partial charge is 0.253 e. The Labute approximate surface area is 131 Å². The lowest BCUT2D eigenvalue weighted by atomic mass is 10.2. The molecule has 3 rings (SSSR count). The van der Waals surface area contributed by atoms with Crippen LogP contribution in [0.5, 0.6) is 0 Å². The van der Waals surface area contributed by atoms with E-state index in [-0.39, 0.29) is 17.2 Å². The molecule has 1 amide bonds. The Hall–Kier alpha value is -1.40. The highest BCUT2D eigenvalue weighted by Gasteiger charge is 2.30. The second-order valence-corrected chi connectivity index (χ2v) is 8.50. The fourth-order valence-electron chi connectivity index (χ4n) is 3.33. The van der Waals surface area contributed by atoms with E-state index in [2.05, 4.69) is 0 Å². The van der Waals surface area contributed by atoms with Crippen molar-refractivity contribution in [1.82, 2.24) is 4.90 Å². The molecule has 0 unspecified atom stereocenters. The van der Waals surface area contributed by atoms with Gasteiger partial charge in [0.15, 0.2) is 9.84 Å². The first-order valence-electron chi connectivity index (χ1n) is 7.87. The predicted molar refractivity (Wildman–Crippen MR) is 84.4 cm³/mol. The van der Waals surface area contributed by atoms with Gasteiger partial charge in [-0.05, 0) is 43.5 Å². The maximum absolute atomic E-state index is 12.5. The summed E-state index contributed by atoms with van der Waals surface area (Å²) in [5.41, 5.74) is 6.35. The molecule has 2 fully saturated rings. The van der Waals surface area contributed by atoms with Crippen LogP contribution in [-0.4, -0.2) is 43.6 Å². The normalized spacial score (nSPS) is 23.1. The predicted octanol–water partition coefficient (Wildman–Crippen LogP) is 1.58. The van der Waals surface area contributed by atoms with Crippen LogP contribution < -0.4 is 5.73 Å². The van der Waals surface area contributed by atoms with Gasteiger partial charge in [0.05, 0.1) is 10.1 Å². The van der Waals surface area contributed by atoms with Crippen LogP contribution in [0.2, 0.25) is 0 Å². The number of likely N-dealkylation sites (tertiary alicyclic amines) is 1. The third-order valence-electron chi connectivity index (χ3n) is 4.68. The highest BCUT2D eigenvalue weighted by Crippen LogP contribution is 2.29. The van der Waals surface area contributed by atoms with Gasteiger partial charge in [-0.15, -0.1) is 0 Å². The summed E-state index contributed by atoms with van der Waals surface area (Å²) in [6, 6.07) is 6.42. The third kappa shape index (κ3) is 2.90. The maximum atomic E-state index is 12.5. The molecular weight excluding hydrogens is 300 g/mol. The van der Waals surface area contributed by atoms with Gasteiger partial charge in [-0.2, -0.15) is 0 Å². The van der Waals surface area contributed by atoms with Crippen LogP contribution in [-0.2, 0) is 9.84 Å². The Morgan fingerprint density at radius 1 is 1.09 bits per heavy atom. The summed E-state index contributed by atoms with van der Waals surface area (Å²) < 4.78 is 25.0. The lowest BCUT2D eigenvalue weighted by Crippen LogP contribution is -2.31. The van der Waals surface area contributed by atoms with E-state index in [0.717, 1.165) is 32.1 Å². The van der Waals surface area contributed by atoms with Crippen LogP contribution in [0.4, 0.5) is 0 Å². The lowest BCUT2D eigenvalue weighted by Gasteiger charge is -2.16. The number of sulfone groups is 1. The second kappa shape index (κ2) is 6.01. The summed E-state index contributed by atoms with van der Waals surface area (Å²) in [6.45, 7) is 1.24. The number of rotatable bonds is 3. The number of hydrogen-bond donors (Lipinski definition) is 1. The molecule has 1 aliphatic carbocycles. The van der Waals surface area contributed by atoms with E-state index in [1.54, 1.807) is 29.2 Å². The van der Waals surface area contributed by atoms with Crippen molar-refractivity contribution in [1.29, 1.82) is 0 Å². The van der Waals surface area contributed by atoms with Crippen molar-refractivity contribution in [3.63, 3.8) is 0 Å². The molecule has 0 radical (unpaired) electrons. The molecule has 5 nitrogen and oxygen atoms in total. The largest absolute Gasteiger partial charge is 0.337 e. The average molecular weight is 322 g/mol. The van der Waals surface area contributed by atoms with Gasteiger partial charge >= 0.3 is 0 Å². The zero-order valence-corrected chi connectivity index (χ0v) is 13.4. The van der Waals surface area contributed by atoms with Crippen LogP contribution in [0.1, 0.15) is 42.5 Å². The summed E-state index contributed by atoms with van der Waals surface area (Å²) in [6.07, 6.45) is 4.27. The van der Waals surface area contributed by atoms with E-state index in [9.17, 15) is 13.2 Å². The van der Waals surface area contributed by atoms with Gasteiger partial charge < -0.3 is 10.6 Å². The van der Waals surface area contributed by atoms with Gasteiger partial charge in [-0.1, -0.05) is 12.8 Å². The molecule has 6 heteroatoms. The van der Waals surface area contributed by atoms with Crippen LogP contribution in [0.25, 0.3) is 0 Å². The molecule has 0 aromatic heterocycles. The zero-order valence-electron chi connectivity index (χ0n) is 12.6. The Morgan fingerprint density at radius 3 is 2.27 bits per heavy atom. The Bertz CT molecular complexity index is 648.